The highest BCUT2D eigenvalue weighted by Crippen LogP contribution is 2.29. The Balaban J connectivity index is 1.73. The van der Waals surface area contributed by atoms with Crippen LogP contribution in [0.3, 0.4) is 0 Å². The molecule has 2 amide bonds. The first-order chi connectivity index (χ1) is 11.9. The van der Waals surface area contributed by atoms with Gasteiger partial charge < -0.3 is 15.1 Å². The largest absolute Gasteiger partial charge is 0.340 e. The molecule has 0 saturated carbocycles. The molecule has 1 fully saturated rings. The monoisotopic (exact) mass is 383 g/mol. The highest BCUT2D eigenvalue weighted by Gasteiger charge is 2.30. The normalized spacial score (nSPS) is 21.6. The molecular weight excluding hydrogens is 365 g/mol. The molecule has 2 aliphatic heterocycles. The Morgan fingerprint density at radius 1 is 1.28 bits per heavy atom. The fraction of sp³-hybridized carbons (Fsp3) is 0.438. The molecule has 7 nitrogen and oxygen atoms in total. The number of piperazine rings is 1. The third-order valence-electron chi connectivity index (χ3n) is 4.22. The van der Waals surface area contributed by atoms with Crippen LogP contribution < -0.4 is 10.6 Å². The fourth-order valence-electron chi connectivity index (χ4n) is 2.72. The summed E-state index contributed by atoms with van der Waals surface area (Å²) in [5.41, 5.74) is 0.404. The Hall–Kier alpha value is -1.83. The standard InChI is InChI=1S/C16H19Cl2N5O2/c1-22-5-7-23(8-6-22)16-20-12(9-13(24)21-16)15(25)19-11-4-2-3-10(17)14(11)18/h2-4,12H,5-9H2,1H3,(H,19,25)(H,20,21,24)/t12-/m1/s1. The predicted octanol–water partition coefficient (Wildman–Crippen LogP) is 1.42. The molecule has 2 N–H and O–H groups in total. The Bertz CT molecular complexity index is 716. The van der Waals surface area contributed by atoms with Crippen molar-refractivity contribution in [3.63, 3.8) is 0 Å². The number of likely N-dealkylation sites (N-methyl/N-ethyl adjacent to an activating group) is 1. The van der Waals surface area contributed by atoms with Gasteiger partial charge in [-0.25, -0.2) is 4.99 Å². The third kappa shape index (κ3) is 4.23. The van der Waals surface area contributed by atoms with Crippen LogP contribution in [-0.2, 0) is 9.59 Å². The van der Waals surface area contributed by atoms with Crippen molar-refractivity contribution in [1.82, 2.24) is 15.1 Å². The van der Waals surface area contributed by atoms with E-state index in [0.29, 0.717) is 16.7 Å². The van der Waals surface area contributed by atoms with Crippen LogP contribution >= 0.6 is 23.2 Å². The molecular formula is C16H19Cl2N5O2. The van der Waals surface area contributed by atoms with Gasteiger partial charge in [0.2, 0.25) is 17.8 Å². The molecule has 2 aliphatic rings. The third-order valence-corrected chi connectivity index (χ3v) is 5.04. The summed E-state index contributed by atoms with van der Waals surface area (Å²) in [6, 6.07) is 4.19. The van der Waals surface area contributed by atoms with Crippen molar-refractivity contribution in [2.24, 2.45) is 4.99 Å². The smallest absolute Gasteiger partial charge is 0.249 e. The summed E-state index contributed by atoms with van der Waals surface area (Å²) < 4.78 is 0. The number of benzene rings is 1. The summed E-state index contributed by atoms with van der Waals surface area (Å²) in [4.78, 5) is 33.2. The van der Waals surface area contributed by atoms with E-state index < -0.39 is 6.04 Å². The van der Waals surface area contributed by atoms with Crippen LogP contribution in [0.15, 0.2) is 23.2 Å². The average Bonchev–Trinajstić information content (AvgIpc) is 2.59. The molecule has 0 aromatic heterocycles. The molecule has 0 spiro atoms. The SMILES string of the molecule is CN1CCN(C2=N[C@@H](C(=O)Nc3cccc(Cl)c3Cl)CC(=O)N2)CC1. The maximum absolute atomic E-state index is 12.5. The number of halogens is 2. The van der Waals surface area contributed by atoms with Gasteiger partial charge in [-0.3, -0.25) is 14.9 Å². The number of nitrogens with one attached hydrogen (secondary N) is 2. The van der Waals surface area contributed by atoms with Crippen molar-refractivity contribution < 1.29 is 9.59 Å². The summed E-state index contributed by atoms with van der Waals surface area (Å²) >= 11 is 12.1. The van der Waals surface area contributed by atoms with Crippen LogP contribution in [0.4, 0.5) is 5.69 Å². The summed E-state index contributed by atoms with van der Waals surface area (Å²) in [6.07, 6.45) is 0.00125. The van der Waals surface area contributed by atoms with Gasteiger partial charge in [-0.15, -0.1) is 0 Å². The van der Waals surface area contributed by atoms with Crippen LogP contribution in [0.1, 0.15) is 6.42 Å². The Morgan fingerprint density at radius 2 is 2.00 bits per heavy atom. The summed E-state index contributed by atoms with van der Waals surface area (Å²) in [7, 11) is 2.05. The highest BCUT2D eigenvalue weighted by molar-refractivity contribution is 6.44. The second-order valence-electron chi connectivity index (χ2n) is 6.10. The van der Waals surface area contributed by atoms with E-state index in [1.54, 1.807) is 18.2 Å². The van der Waals surface area contributed by atoms with Crippen molar-refractivity contribution in [1.29, 1.82) is 0 Å². The Kier molecular flexibility index (Phi) is 5.46. The number of carbonyl (C=O) groups is 2. The zero-order valence-electron chi connectivity index (χ0n) is 13.8. The van der Waals surface area contributed by atoms with Crippen molar-refractivity contribution in [2.75, 3.05) is 38.5 Å². The van der Waals surface area contributed by atoms with Gasteiger partial charge in [0.15, 0.2) is 0 Å². The number of hydrogen-bond donors (Lipinski definition) is 2. The maximum Gasteiger partial charge on any atom is 0.249 e. The number of nitrogens with zero attached hydrogens (tertiary/aromatic N) is 3. The average molecular weight is 384 g/mol. The zero-order chi connectivity index (χ0) is 18.0. The van der Waals surface area contributed by atoms with E-state index in [1.165, 1.54) is 0 Å². The van der Waals surface area contributed by atoms with Crippen LogP contribution in [0.25, 0.3) is 0 Å². The lowest BCUT2D eigenvalue weighted by Gasteiger charge is -2.36. The van der Waals surface area contributed by atoms with Crippen LogP contribution in [-0.4, -0.2) is 66.8 Å². The molecule has 0 bridgehead atoms. The van der Waals surface area contributed by atoms with Crippen molar-refractivity contribution >= 4 is 46.7 Å². The molecule has 1 saturated heterocycles. The van der Waals surface area contributed by atoms with Crippen molar-refractivity contribution in [3.05, 3.63) is 28.2 Å². The lowest BCUT2D eigenvalue weighted by molar-refractivity contribution is -0.125. The first kappa shape index (κ1) is 18.0. The number of hydrogen-bond acceptors (Lipinski definition) is 5. The quantitative estimate of drug-likeness (QED) is 0.809. The van der Waals surface area contributed by atoms with Gasteiger partial charge in [0.1, 0.15) is 6.04 Å². The first-order valence-corrected chi connectivity index (χ1v) is 8.75. The molecule has 1 aromatic carbocycles. The summed E-state index contributed by atoms with van der Waals surface area (Å²) in [6.45, 7) is 3.27. The van der Waals surface area contributed by atoms with Crippen molar-refractivity contribution in [3.8, 4) is 0 Å². The molecule has 3 rings (SSSR count). The molecule has 25 heavy (non-hydrogen) atoms. The molecule has 1 aromatic rings. The predicted molar refractivity (Wildman–Crippen MR) is 98.1 cm³/mol. The van der Waals surface area contributed by atoms with Crippen LogP contribution in [0.5, 0.6) is 0 Å². The zero-order valence-corrected chi connectivity index (χ0v) is 15.3. The van der Waals surface area contributed by atoms with E-state index in [-0.39, 0.29) is 23.3 Å². The molecule has 9 heteroatoms. The molecule has 0 aliphatic carbocycles. The number of amides is 2. The van der Waals surface area contributed by atoms with Crippen LogP contribution in [0, 0.1) is 0 Å². The summed E-state index contributed by atoms with van der Waals surface area (Å²) in [5.74, 6) is -0.145. The minimum Gasteiger partial charge on any atom is -0.340 e. The molecule has 134 valence electrons. The van der Waals surface area contributed by atoms with Gasteiger partial charge in [-0.2, -0.15) is 0 Å². The van der Waals surface area contributed by atoms with Gasteiger partial charge in [-0.1, -0.05) is 29.3 Å². The second-order valence-corrected chi connectivity index (χ2v) is 6.89. The lowest BCUT2D eigenvalue weighted by Crippen LogP contribution is -2.55. The molecule has 1 atom stereocenters. The number of guanidine groups is 1. The minimum atomic E-state index is -0.793. The highest BCUT2D eigenvalue weighted by atomic mass is 35.5. The Morgan fingerprint density at radius 3 is 2.72 bits per heavy atom. The number of carbonyl (C=O) groups excluding carboxylic acids is 2. The second kappa shape index (κ2) is 7.59. The van der Waals surface area contributed by atoms with Gasteiger partial charge in [0.05, 0.1) is 22.2 Å². The van der Waals surface area contributed by atoms with E-state index >= 15 is 0 Å². The minimum absolute atomic E-state index is 0.00125. The van der Waals surface area contributed by atoms with Gasteiger partial charge >= 0.3 is 0 Å². The van der Waals surface area contributed by atoms with E-state index in [9.17, 15) is 9.59 Å². The molecule has 2 heterocycles. The number of rotatable bonds is 2. The van der Waals surface area contributed by atoms with Gasteiger partial charge in [0.25, 0.3) is 0 Å². The maximum atomic E-state index is 12.5. The van der Waals surface area contributed by atoms with Crippen LogP contribution in [0.2, 0.25) is 10.0 Å². The van der Waals surface area contributed by atoms with Gasteiger partial charge in [0, 0.05) is 26.2 Å². The topological polar surface area (TPSA) is 77.0 Å². The van der Waals surface area contributed by atoms with E-state index in [4.69, 9.17) is 23.2 Å². The fourth-order valence-corrected chi connectivity index (χ4v) is 3.07. The van der Waals surface area contributed by atoms with Gasteiger partial charge in [-0.05, 0) is 19.2 Å². The first-order valence-electron chi connectivity index (χ1n) is 8.00. The van der Waals surface area contributed by atoms with E-state index in [1.807, 2.05) is 11.9 Å². The molecule has 0 radical (unpaired) electrons. The number of aliphatic imine (C=N–C) groups is 1. The van der Waals surface area contributed by atoms with Crippen molar-refractivity contribution in [2.45, 2.75) is 12.5 Å². The summed E-state index contributed by atoms with van der Waals surface area (Å²) in [5, 5.41) is 6.08. The van der Waals surface area contributed by atoms with E-state index in [0.717, 1.165) is 26.2 Å². The van der Waals surface area contributed by atoms with E-state index in [2.05, 4.69) is 20.5 Å². The molecule has 0 unspecified atom stereocenters. The lowest BCUT2D eigenvalue weighted by atomic mass is 10.1. The number of anilines is 1. The Labute approximate surface area is 156 Å².